The first-order chi connectivity index (χ1) is 25.7. The summed E-state index contributed by atoms with van der Waals surface area (Å²) in [6.07, 6.45) is 0.317. The van der Waals surface area contributed by atoms with E-state index < -0.39 is 12.2 Å². The molecular weight excluding hydrogens is 670 g/mol. The monoisotopic (exact) mass is 715 g/mol. The fourth-order valence-electron chi connectivity index (χ4n) is 7.76. The lowest BCUT2D eigenvalue weighted by atomic mass is 10.0. The number of phenols is 1. The van der Waals surface area contributed by atoms with E-state index in [1.165, 1.54) is 12.1 Å². The van der Waals surface area contributed by atoms with Crippen molar-refractivity contribution in [3.05, 3.63) is 130 Å². The molecule has 4 aromatic carbocycles. The number of likely N-dealkylation sites (tertiary alicyclic amines) is 1. The fraction of sp³-hybridized carbons (Fsp3) is 0.310. The number of para-hydroxylation sites is 1. The molecule has 1 aliphatic heterocycles. The fourth-order valence-corrected chi connectivity index (χ4v) is 7.76. The van der Waals surface area contributed by atoms with Crippen LogP contribution in [0.3, 0.4) is 0 Å². The summed E-state index contributed by atoms with van der Waals surface area (Å²) in [5.41, 5.74) is 4.87. The molecular formula is C42H45N5O6. The molecule has 0 bridgehead atoms. The van der Waals surface area contributed by atoms with Crippen molar-refractivity contribution in [2.45, 2.75) is 31.6 Å². The summed E-state index contributed by atoms with van der Waals surface area (Å²) in [7, 11) is 1.83. The molecule has 1 aromatic heterocycles. The molecule has 1 unspecified atom stereocenters. The van der Waals surface area contributed by atoms with Crippen LogP contribution < -0.4 is 16.2 Å². The Morgan fingerprint density at radius 2 is 1.64 bits per heavy atom. The van der Waals surface area contributed by atoms with Gasteiger partial charge in [-0.25, -0.2) is 4.79 Å². The van der Waals surface area contributed by atoms with Gasteiger partial charge in [0.25, 0.3) is 5.91 Å². The van der Waals surface area contributed by atoms with Crippen molar-refractivity contribution >= 4 is 28.6 Å². The van der Waals surface area contributed by atoms with Crippen LogP contribution in [0.25, 0.3) is 22.0 Å². The third-order valence-electron chi connectivity index (χ3n) is 10.5. The lowest BCUT2D eigenvalue weighted by molar-refractivity contribution is 0.0778. The van der Waals surface area contributed by atoms with Crippen LogP contribution in [0, 0.1) is 11.8 Å². The number of hydrogen-bond acceptors (Lipinski definition) is 8. The highest BCUT2D eigenvalue weighted by atomic mass is 16.6. The second-order valence-electron chi connectivity index (χ2n) is 14.2. The third-order valence-corrected chi connectivity index (χ3v) is 10.5. The van der Waals surface area contributed by atoms with Gasteiger partial charge in [0.15, 0.2) is 0 Å². The van der Waals surface area contributed by atoms with Crippen LogP contribution in [-0.4, -0.2) is 82.9 Å². The van der Waals surface area contributed by atoms with Gasteiger partial charge >= 0.3 is 6.09 Å². The summed E-state index contributed by atoms with van der Waals surface area (Å²) in [6.45, 7) is 4.02. The van der Waals surface area contributed by atoms with E-state index in [4.69, 9.17) is 4.74 Å². The highest BCUT2D eigenvalue weighted by Crippen LogP contribution is 2.39. The number of pyridine rings is 1. The number of H-pyrrole nitrogens is 1. The number of hydrogen-bond donors (Lipinski definition) is 5. The molecule has 2 fully saturated rings. The molecule has 274 valence electrons. The Hall–Kier alpha value is -5.49. The van der Waals surface area contributed by atoms with Crippen LogP contribution in [-0.2, 0) is 11.3 Å². The number of benzene rings is 4. The number of aliphatic hydroxyl groups is 1. The maximum absolute atomic E-state index is 13.2. The minimum Gasteiger partial charge on any atom is -0.506 e. The average Bonchev–Trinajstić information content (AvgIpc) is 3.73. The molecule has 11 nitrogen and oxygen atoms in total. The van der Waals surface area contributed by atoms with Gasteiger partial charge in [0.2, 0.25) is 5.56 Å². The molecule has 4 atom stereocenters. The van der Waals surface area contributed by atoms with Crippen molar-refractivity contribution in [3.63, 3.8) is 0 Å². The second-order valence-corrected chi connectivity index (χ2v) is 14.2. The number of aliphatic hydroxyl groups excluding tert-OH is 1. The largest absolute Gasteiger partial charge is 0.506 e. The van der Waals surface area contributed by atoms with Crippen molar-refractivity contribution < 1.29 is 24.5 Å². The molecule has 5 aromatic rings. The Labute approximate surface area is 308 Å². The van der Waals surface area contributed by atoms with Gasteiger partial charge in [-0.2, -0.15) is 0 Å². The van der Waals surface area contributed by atoms with Crippen LogP contribution in [0.5, 0.6) is 5.75 Å². The number of aromatic hydroxyl groups is 1. The standard InChI is InChI=1S/C42H45N5O6/c1-46(41(51)29-13-11-27(12-14-29)23-43-24-38(49)34-15-17-37(48)40-35(34)16-18-39(50)45-40)19-20-47-25-30-21-32(22-31(30)26-47)53-42(52)44-36-10-6-5-9-33(36)28-7-3-2-4-8-28/h2-18,30-32,38,43,48-49H,19-26H2,1H3,(H,44,52)(H,45,50)/t30-,31+,32?,38-/m0/s1. The number of anilines is 1. The van der Waals surface area contributed by atoms with E-state index in [1.54, 1.807) is 17.0 Å². The van der Waals surface area contributed by atoms with Gasteiger partial charge in [-0.3, -0.25) is 14.9 Å². The molecule has 1 aliphatic carbocycles. The summed E-state index contributed by atoms with van der Waals surface area (Å²) in [4.78, 5) is 44.6. The van der Waals surface area contributed by atoms with E-state index in [9.17, 15) is 24.6 Å². The highest BCUT2D eigenvalue weighted by Gasteiger charge is 2.42. The number of aromatic nitrogens is 1. The van der Waals surface area contributed by atoms with Gasteiger partial charge in [0, 0.05) is 68.9 Å². The molecule has 2 heterocycles. The number of ether oxygens (including phenoxy) is 1. The number of nitrogens with one attached hydrogen (secondary N) is 3. The zero-order valence-corrected chi connectivity index (χ0v) is 29.7. The lowest BCUT2D eigenvalue weighted by Gasteiger charge is -2.23. The molecule has 1 saturated carbocycles. The Kier molecular flexibility index (Phi) is 10.9. The normalized spacial score (nSPS) is 18.8. The minimum atomic E-state index is -0.857. The molecule has 1 saturated heterocycles. The van der Waals surface area contributed by atoms with Crippen LogP contribution >= 0.6 is 0 Å². The van der Waals surface area contributed by atoms with E-state index in [1.807, 2.05) is 85.9 Å². The Bertz CT molecular complexity index is 2110. The summed E-state index contributed by atoms with van der Waals surface area (Å²) in [6, 6.07) is 31.3. The third kappa shape index (κ3) is 8.44. The number of carbonyl (C=O) groups is 2. The van der Waals surface area contributed by atoms with E-state index in [2.05, 4.69) is 20.5 Å². The number of nitrogens with zero attached hydrogens (tertiary/aromatic N) is 2. The molecule has 0 radical (unpaired) electrons. The SMILES string of the molecule is CN(CCN1C[C@H]2CC(OC(=O)Nc3ccccc3-c3ccccc3)C[C@H]2C1)C(=O)c1ccc(CNC[C@H](O)c2ccc(O)c3[nH]c(=O)ccc23)cc1. The van der Waals surface area contributed by atoms with Crippen molar-refractivity contribution in [1.29, 1.82) is 0 Å². The molecule has 2 amide bonds. The number of likely N-dealkylation sites (N-methyl/N-ethyl adjacent to an activating group) is 1. The maximum atomic E-state index is 13.2. The van der Waals surface area contributed by atoms with Crippen molar-refractivity contribution in [3.8, 4) is 16.9 Å². The number of phenolic OH excluding ortho intramolecular Hbond substituents is 1. The smallest absolute Gasteiger partial charge is 0.411 e. The van der Waals surface area contributed by atoms with Crippen LogP contribution in [0.2, 0.25) is 0 Å². The minimum absolute atomic E-state index is 0.0371. The van der Waals surface area contributed by atoms with Gasteiger partial charge < -0.3 is 35.1 Å². The topological polar surface area (TPSA) is 147 Å². The average molecular weight is 716 g/mol. The predicted molar refractivity (Wildman–Crippen MR) is 205 cm³/mol. The first-order valence-corrected chi connectivity index (χ1v) is 18.1. The Balaban J connectivity index is 0.824. The number of aromatic amines is 1. The van der Waals surface area contributed by atoms with Crippen molar-refractivity contribution in [2.24, 2.45) is 11.8 Å². The van der Waals surface area contributed by atoms with Gasteiger partial charge in [-0.15, -0.1) is 0 Å². The molecule has 5 N–H and O–H groups in total. The second kappa shape index (κ2) is 16.0. The Morgan fingerprint density at radius 1 is 0.925 bits per heavy atom. The van der Waals surface area contributed by atoms with E-state index in [-0.39, 0.29) is 29.9 Å². The first kappa shape index (κ1) is 35.9. The summed E-state index contributed by atoms with van der Waals surface area (Å²) >= 11 is 0. The van der Waals surface area contributed by atoms with E-state index in [0.29, 0.717) is 47.0 Å². The van der Waals surface area contributed by atoms with Crippen molar-refractivity contribution in [1.82, 2.24) is 20.1 Å². The summed E-state index contributed by atoms with van der Waals surface area (Å²) in [5, 5.41) is 27.7. The quantitative estimate of drug-likeness (QED) is 0.110. The van der Waals surface area contributed by atoms with E-state index >= 15 is 0 Å². The van der Waals surface area contributed by atoms with Crippen LogP contribution in [0.4, 0.5) is 10.5 Å². The van der Waals surface area contributed by atoms with Gasteiger partial charge in [0.1, 0.15) is 11.9 Å². The number of carbonyl (C=O) groups excluding carboxylic acids is 2. The molecule has 0 spiro atoms. The predicted octanol–water partition coefficient (Wildman–Crippen LogP) is 5.76. The number of rotatable bonds is 12. The highest BCUT2D eigenvalue weighted by molar-refractivity contribution is 5.94. The molecule has 11 heteroatoms. The van der Waals surface area contributed by atoms with Gasteiger partial charge in [0.05, 0.1) is 17.3 Å². The molecule has 53 heavy (non-hydrogen) atoms. The number of amides is 2. The summed E-state index contributed by atoms with van der Waals surface area (Å²) in [5.74, 6) is 0.855. The van der Waals surface area contributed by atoms with E-state index in [0.717, 1.165) is 54.9 Å². The van der Waals surface area contributed by atoms with Crippen LogP contribution in [0.1, 0.15) is 40.4 Å². The Morgan fingerprint density at radius 3 is 2.40 bits per heavy atom. The number of fused-ring (bicyclic) bond motifs is 2. The van der Waals surface area contributed by atoms with Crippen molar-refractivity contribution in [2.75, 3.05) is 45.1 Å². The zero-order chi connectivity index (χ0) is 36.9. The van der Waals surface area contributed by atoms with Gasteiger partial charge in [-0.05, 0) is 71.7 Å². The first-order valence-electron chi connectivity index (χ1n) is 18.1. The molecule has 7 rings (SSSR count). The summed E-state index contributed by atoms with van der Waals surface area (Å²) < 4.78 is 5.88. The van der Waals surface area contributed by atoms with Crippen LogP contribution in [0.15, 0.2) is 108 Å². The molecule has 2 aliphatic rings. The lowest BCUT2D eigenvalue weighted by Crippen LogP contribution is -2.36. The maximum Gasteiger partial charge on any atom is 0.411 e. The zero-order valence-electron chi connectivity index (χ0n) is 29.7. The van der Waals surface area contributed by atoms with Gasteiger partial charge in [-0.1, -0.05) is 66.7 Å².